The van der Waals surface area contributed by atoms with Crippen LogP contribution in [0.2, 0.25) is 0 Å². The van der Waals surface area contributed by atoms with Gasteiger partial charge >= 0.3 is 5.97 Å². The fraction of sp³-hybridized carbons (Fsp3) is 0.889. The molecule has 3 nitrogen and oxygen atoms in total. The van der Waals surface area contributed by atoms with Crippen LogP contribution in [-0.4, -0.2) is 26.3 Å². The zero-order chi connectivity index (χ0) is 9.40. The molecule has 0 amide bonds. The van der Waals surface area contributed by atoms with E-state index in [9.17, 15) is 4.79 Å². The number of carbonyl (C=O) groups is 1. The van der Waals surface area contributed by atoms with Crippen LogP contribution >= 0.6 is 0 Å². The van der Waals surface area contributed by atoms with Gasteiger partial charge in [-0.3, -0.25) is 4.79 Å². The van der Waals surface area contributed by atoms with Crippen molar-refractivity contribution in [2.24, 2.45) is 5.92 Å². The van der Waals surface area contributed by atoms with E-state index in [1.807, 2.05) is 0 Å². The van der Waals surface area contributed by atoms with Crippen LogP contribution in [0.4, 0.5) is 0 Å². The van der Waals surface area contributed by atoms with Crippen LogP contribution in [0, 0.1) is 5.92 Å². The molecule has 0 aromatic carbocycles. The van der Waals surface area contributed by atoms with Gasteiger partial charge in [0.15, 0.2) is 0 Å². The lowest BCUT2D eigenvalue weighted by Crippen LogP contribution is -2.18. The van der Waals surface area contributed by atoms with Gasteiger partial charge in [-0.25, -0.2) is 0 Å². The summed E-state index contributed by atoms with van der Waals surface area (Å²) in [6.45, 7) is 5.11. The number of unbranched alkanes of at least 4 members (excludes halogenated alkanes) is 1. The second kappa shape index (κ2) is 7.10. The molecule has 1 atom stereocenters. The van der Waals surface area contributed by atoms with E-state index in [0.29, 0.717) is 6.61 Å². The Hall–Kier alpha value is -0.570. The van der Waals surface area contributed by atoms with Crippen LogP contribution in [-0.2, 0) is 14.3 Å². The molecule has 3 heteroatoms. The first kappa shape index (κ1) is 11.4. The third-order valence-corrected chi connectivity index (χ3v) is 1.61. The molecule has 0 spiro atoms. The van der Waals surface area contributed by atoms with Crippen LogP contribution in [0.5, 0.6) is 0 Å². The van der Waals surface area contributed by atoms with E-state index in [0.717, 1.165) is 19.4 Å². The molecule has 0 fully saturated rings. The molecule has 0 aromatic heterocycles. The Morgan fingerprint density at radius 3 is 2.67 bits per heavy atom. The summed E-state index contributed by atoms with van der Waals surface area (Å²) in [6, 6.07) is 0. The average Bonchev–Trinajstić information content (AvgIpc) is 2.10. The van der Waals surface area contributed by atoms with Crippen molar-refractivity contribution in [2.75, 3.05) is 20.3 Å². The first-order chi connectivity index (χ1) is 5.72. The monoisotopic (exact) mass is 174 g/mol. The number of ether oxygens (including phenoxy) is 2. The van der Waals surface area contributed by atoms with Crippen molar-refractivity contribution in [3.63, 3.8) is 0 Å². The number of hydrogen-bond donors (Lipinski definition) is 0. The third kappa shape index (κ3) is 5.13. The number of esters is 1. The minimum absolute atomic E-state index is 0.146. The summed E-state index contributed by atoms with van der Waals surface area (Å²) in [4.78, 5) is 10.9. The number of carbonyl (C=O) groups excluding carboxylic acids is 1. The summed E-state index contributed by atoms with van der Waals surface area (Å²) in [5.74, 6) is -0.349. The predicted molar refractivity (Wildman–Crippen MR) is 46.9 cm³/mol. The molecule has 0 N–H and O–H groups in total. The van der Waals surface area contributed by atoms with Crippen LogP contribution in [0.15, 0.2) is 0 Å². The maximum atomic E-state index is 10.9. The highest BCUT2D eigenvalue weighted by molar-refractivity contribution is 5.71. The quantitative estimate of drug-likeness (QED) is 0.453. The molecule has 0 aliphatic carbocycles. The molecular formula is C9H18O3. The van der Waals surface area contributed by atoms with Gasteiger partial charge in [-0.15, -0.1) is 0 Å². The number of hydrogen-bond acceptors (Lipinski definition) is 3. The molecule has 0 unspecified atom stereocenters. The molecule has 0 aromatic rings. The van der Waals surface area contributed by atoms with Crippen molar-refractivity contribution in [3.05, 3.63) is 0 Å². The fourth-order valence-electron chi connectivity index (χ4n) is 0.776. The maximum Gasteiger partial charge on any atom is 0.310 e. The van der Waals surface area contributed by atoms with Crippen molar-refractivity contribution >= 4 is 5.97 Å². The van der Waals surface area contributed by atoms with Gasteiger partial charge in [0.2, 0.25) is 0 Å². The number of methoxy groups -OCH3 is 1. The van der Waals surface area contributed by atoms with Crippen molar-refractivity contribution in [1.29, 1.82) is 0 Å². The van der Waals surface area contributed by atoms with Gasteiger partial charge in [0, 0.05) is 6.61 Å². The lowest BCUT2D eigenvalue weighted by molar-refractivity contribution is -0.146. The highest BCUT2D eigenvalue weighted by Gasteiger charge is 2.12. The Labute approximate surface area is 74.0 Å². The van der Waals surface area contributed by atoms with Gasteiger partial charge in [0.1, 0.15) is 0 Å². The minimum atomic E-state index is -0.202. The molecule has 0 radical (unpaired) electrons. The molecule has 0 heterocycles. The number of rotatable bonds is 6. The lowest BCUT2D eigenvalue weighted by Gasteiger charge is -2.08. The van der Waals surface area contributed by atoms with Crippen LogP contribution in [0.1, 0.15) is 26.7 Å². The summed E-state index contributed by atoms with van der Waals surface area (Å²) in [6.07, 6.45) is 2.17. The zero-order valence-corrected chi connectivity index (χ0v) is 8.13. The Balaban J connectivity index is 3.31. The van der Waals surface area contributed by atoms with Gasteiger partial charge in [0.05, 0.1) is 19.6 Å². The topological polar surface area (TPSA) is 35.5 Å². The lowest BCUT2D eigenvalue weighted by atomic mass is 10.2. The molecule has 12 heavy (non-hydrogen) atoms. The van der Waals surface area contributed by atoms with Gasteiger partial charge < -0.3 is 9.47 Å². The van der Waals surface area contributed by atoms with Gasteiger partial charge in [-0.1, -0.05) is 13.3 Å². The second-order valence-electron chi connectivity index (χ2n) is 2.85. The van der Waals surface area contributed by atoms with Crippen LogP contribution in [0.25, 0.3) is 0 Å². The Kier molecular flexibility index (Phi) is 6.76. The first-order valence-electron chi connectivity index (χ1n) is 4.38. The summed E-state index contributed by atoms with van der Waals surface area (Å²) < 4.78 is 9.81. The van der Waals surface area contributed by atoms with Gasteiger partial charge in [-0.05, 0) is 13.3 Å². The first-order valence-corrected chi connectivity index (χ1v) is 4.38. The smallest absolute Gasteiger partial charge is 0.310 e. The standard InChI is InChI=1S/C9H18O3/c1-4-5-6-12-7-8(2)9(10)11-3/h8H,4-7H2,1-3H3/t8-/m0/s1. The summed E-state index contributed by atoms with van der Waals surface area (Å²) >= 11 is 0. The second-order valence-corrected chi connectivity index (χ2v) is 2.85. The van der Waals surface area contributed by atoms with Crippen molar-refractivity contribution < 1.29 is 14.3 Å². The van der Waals surface area contributed by atoms with E-state index < -0.39 is 0 Å². The third-order valence-electron chi connectivity index (χ3n) is 1.61. The molecule has 72 valence electrons. The van der Waals surface area contributed by atoms with E-state index >= 15 is 0 Å². The van der Waals surface area contributed by atoms with Gasteiger partial charge in [0.25, 0.3) is 0 Å². The molecule has 0 rings (SSSR count). The molecule has 0 aliphatic rings. The van der Waals surface area contributed by atoms with E-state index in [1.54, 1.807) is 6.92 Å². The van der Waals surface area contributed by atoms with E-state index in [4.69, 9.17) is 4.74 Å². The largest absolute Gasteiger partial charge is 0.469 e. The molecular weight excluding hydrogens is 156 g/mol. The summed E-state index contributed by atoms with van der Waals surface area (Å²) in [5.41, 5.74) is 0. The van der Waals surface area contributed by atoms with Crippen molar-refractivity contribution in [2.45, 2.75) is 26.7 Å². The van der Waals surface area contributed by atoms with E-state index in [2.05, 4.69) is 11.7 Å². The highest BCUT2D eigenvalue weighted by atomic mass is 16.5. The van der Waals surface area contributed by atoms with Crippen molar-refractivity contribution in [1.82, 2.24) is 0 Å². The van der Waals surface area contributed by atoms with Gasteiger partial charge in [-0.2, -0.15) is 0 Å². The molecule has 0 bridgehead atoms. The van der Waals surface area contributed by atoms with E-state index in [-0.39, 0.29) is 11.9 Å². The SMILES string of the molecule is CCCCOC[C@H](C)C(=O)OC. The van der Waals surface area contributed by atoms with Crippen LogP contribution in [0.3, 0.4) is 0 Å². The normalized spacial score (nSPS) is 12.6. The molecule has 0 saturated heterocycles. The fourth-order valence-corrected chi connectivity index (χ4v) is 0.776. The van der Waals surface area contributed by atoms with Crippen LogP contribution < -0.4 is 0 Å². The van der Waals surface area contributed by atoms with Crippen molar-refractivity contribution in [3.8, 4) is 0 Å². The maximum absolute atomic E-state index is 10.9. The zero-order valence-electron chi connectivity index (χ0n) is 8.13. The highest BCUT2D eigenvalue weighted by Crippen LogP contribution is 1.99. The molecule has 0 saturated carbocycles. The summed E-state index contributed by atoms with van der Waals surface area (Å²) in [5, 5.41) is 0. The Morgan fingerprint density at radius 1 is 1.50 bits per heavy atom. The Morgan fingerprint density at radius 2 is 2.17 bits per heavy atom. The molecule has 0 aliphatic heterocycles. The summed E-state index contributed by atoms with van der Waals surface area (Å²) in [7, 11) is 1.39. The van der Waals surface area contributed by atoms with E-state index in [1.165, 1.54) is 7.11 Å². The average molecular weight is 174 g/mol. The Bertz CT molecular complexity index is 123. The minimum Gasteiger partial charge on any atom is -0.469 e. The predicted octanol–water partition coefficient (Wildman–Crippen LogP) is 1.61.